The van der Waals surface area contributed by atoms with E-state index in [1.54, 1.807) is 19.1 Å². The summed E-state index contributed by atoms with van der Waals surface area (Å²) in [5.74, 6) is -1.02. The molecule has 0 heterocycles. The summed E-state index contributed by atoms with van der Waals surface area (Å²) >= 11 is 0. The number of hydrogen-bond acceptors (Lipinski definition) is 3. The summed E-state index contributed by atoms with van der Waals surface area (Å²) in [5.41, 5.74) is 0.703. The Bertz CT molecular complexity index is 865. The van der Waals surface area contributed by atoms with Crippen LogP contribution < -0.4 is 10.1 Å². The van der Waals surface area contributed by atoms with Gasteiger partial charge in [-0.15, -0.1) is 0 Å². The van der Waals surface area contributed by atoms with Crippen LogP contribution in [0.25, 0.3) is 0 Å². The Morgan fingerprint density at radius 2 is 1.58 bits per heavy atom. The predicted molar refractivity (Wildman–Crippen MR) is 113 cm³/mol. The molecule has 2 aromatic rings. The third-order valence-corrected chi connectivity index (χ3v) is 5.56. The highest BCUT2D eigenvalue weighted by Gasteiger charge is 2.28. The highest BCUT2D eigenvalue weighted by molar-refractivity contribution is 5.88. The van der Waals surface area contributed by atoms with Crippen molar-refractivity contribution >= 4 is 11.8 Å². The zero-order chi connectivity index (χ0) is 22.2. The molecule has 3 rings (SSSR count). The zero-order valence-electron chi connectivity index (χ0n) is 17.7. The van der Waals surface area contributed by atoms with E-state index in [1.807, 2.05) is 0 Å². The molecule has 0 bridgehead atoms. The van der Waals surface area contributed by atoms with Gasteiger partial charge in [-0.2, -0.15) is 0 Å². The maximum Gasteiger partial charge on any atom is 0.261 e. The monoisotopic (exact) mass is 430 g/mol. The second-order valence-electron chi connectivity index (χ2n) is 7.91. The summed E-state index contributed by atoms with van der Waals surface area (Å²) in [4.78, 5) is 27.3. The Balaban J connectivity index is 1.69. The molecule has 1 aliphatic rings. The van der Waals surface area contributed by atoms with Gasteiger partial charge < -0.3 is 15.0 Å². The SMILES string of the molecule is CC(C(=O)NC1CCCCC1)N(Cc1ccc(F)cc1)C(=O)COc1ccc(F)cc1. The van der Waals surface area contributed by atoms with Crippen molar-refractivity contribution in [3.63, 3.8) is 0 Å². The molecule has 1 N–H and O–H groups in total. The summed E-state index contributed by atoms with van der Waals surface area (Å²) in [7, 11) is 0. The fourth-order valence-electron chi connectivity index (χ4n) is 3.70. The number of carbonyl (C=O) groups is 2. The first kappa shape index (κ1) is 22.7. The lowest BCUT2D eigenvalue weighted by molar-refractivity contribution is -0.142. The average Bonchev–Trinajstić information content (AvgIpc) is 2.78. The normalized spacial score (nSPS) is 15.2. The summed E-state index contributed by atoms with van der Waals surface area (Å²) in [6.45, 7) is 1.52. The van der Waals surface area contributed by atoms with Gasteiger partial charge in [0.25, 0.3) is 5.91 Å². The lowest BCUT2D eigenvalue weighted by atomic mass is 9.95. The van der Waals surface area contributed by atoms with Crippen LogP contribution in [-0.4, -0.2) is 35.4 Å². The van der Waals surface area contributed by atoms with Gasteiger partial charge in [-0.1, -0.05) is 31.4 Å². The number of carbonyl (C=O) groups excluding carboxylic acids is 2. The number of nitrogens with zero attached hydrogens (tertiary/aromatic N) is 1. The maximum absolute atomic E-state index is 13.3. The molecule has 1 aliphatic carbocycles. The fourth-order valence-corrected chi connectivity index (χ4v) is 3.70. The van der Waals surface area contributed by atoms with Gasteiger partial charge >= 0.3 is 0 Å². The number of ether oxygens (including phenoxy) is 1. The lowest BCUT2D eigenvalue weighted by Gasteiger charge is -2.31. The van der Waals surface area contributed by atoms with Crippen LogP contribution in [0.3, 0.4) is 0 Å². The van der Waals surface area contributed by atoms with Crippen molar-refractivity contribution < 1.29 is 23.1 Å². The van der Waals surface area contributed by atoms with Gasteiger partial charge in [-0.25, -0.2) is 8.78 Å². The van der Waals surface area contributed by atoms with E-state index >= 15 is 0 Å². The molecule has 0 radical (unpaired) electrons. The Morgan fingerprint density at radius 3 is 2.19 bits per heavy atom. The van der Waals surface area contributed by atoms with Gasteiger partial charge in [0.1, 0.15) is 23.4 Å². The third kappa shape index (κ3) is 6.77. The molecule has 1 atom stereocenters. The van der Waals surface area contributed by atoms with Crippen molar-refractivity contribution in [2.24, 2.45) is 0 Å². The molecule has 1 unspecified atom stereocenters. The maximum atomic E-state index is 13.3. The second kappa shape index (κ2) is 10.9. The summed E-state index contributed by atoms with van der Waals surface area (Å²) in [5, 5.41) is 3.05. The van der Waals surface area contributed by atoms with Gasteiger partial charge in [-0.05, 0) is 61.7 Å². The molecule has 7 heteroatoms. The van der Waals surface area contributed by atoms with E-state index < -0.39 is 11.9 Å². The minimum atomic E-state index is -0.726. The fraction of sp³-hybridized carbons (Fsp3) is 0.417. The highest BCUT2D eigenvalue weighted by Crippen LogP contribution is 2.18. The van der Waals surface area contributed by atoms with E-state index in [-0.39, 0.29) is 36.8 Å². The first-order valence-electron chi connectivity index (χ1n) is 10.6. The van der Waals surface area contributed by atoms with Crippen LogP contribution in [-0.2, 0) is 16.1 Å². The van der Waals surface area contributed by atoms with E-state index in [4.69, 9.17) is 4.74 Å². The molecular formula is C24H28F2N2O3. The van der Waals surface area contributed by atoms with Crippen LogP contribution >= 0.6 is 0 Å². The predicted octanol–water partition coefficient (Wildman–Crippen LogP) is 4.21. The standard InChI is InChI=1S/C24H28F2N2O3/c1-17(24(30)27-21-5-3-2-4-6-21)28(15-18-7-9-19(25)10-8-18)23(29)16-31-22-13-11-20(26)12-14-22/h7-14,17,21H,2-6,15-16H2,1H3,(H,27,30). The smallest absolute Gasteiger partial charge is 0.261 e. The number of benzene rings is 2. The second-order valence-corrected chi connectivity index (χ2v) is 7.91. The number of amides is 2. The molecule has 5 nitrogen and oxygen atoms in total. The quantitative estimate of drug-likeness (QED) is 0.683. The van der Waals surface area contributed by atoms with Crippen molar-refractivity contribution in [1.29, 1.82) is 0 Å². The molecule has 2 amide bonds. The minimum Gasteiger partial charge on any atom is -0.484 e. The van der Waals surface area contributed by atoms with Crippen LogP contribution in [0, 0.1) is 11.6 Å². The summed E-state index contributed by atoms with van der Waals surface area (Å²) in [6, 6.07) is 10.6. The van der Waals surface area contributed by atoms with E-state index in [1.165, 1.54) is 47.7 Å². The van der Waals surface area contributed by atoms with Crippen LogP contribution in [0.5, 0.6) is 5.75 Å². The average molecular weight is 430 g/mol. The van der Waals surface area contributed by atoms with E-state index in [0.29, 0.717) is 11.3 Å². The Kier molecular flexibility index (Phi) is 7.98. The van der Waals surface area contributed by atoms with Gasteiger partial charge in [0, 0.05) is 12.6 Å². The molecule has 0 aromatic heterocycles. The van der Waals surface area contributed by atoms with E-state index in [2.05, 4.69) is 5.32 Å². The number of rotatable bonds is 8. The van der Waals surface area contributed by atoms with Crippen molar-refractivity contribution in [2.45, 2.75) is 57.7 Å². The van der Waals surface area contributed by atoms with Crippen molar-refractivity contribution in [2.75, 3.05) is 6.61 Å². The van der Waals surface area contributed by atoms with Gasteiger partial charge in [0.15, 0.2) is 6.61 Å². The van der Waals surface area contributed by atoms with Gasteiger partial charge in [-0.3, -0.25) is 9.59 Å². The molecule has 1 saturated carbocycles. The summed E-state index contributed by atoms with van der Waals surface area (Å²) in [6.07, 6.45) is 5.24. The first-order chi connectivity index (χ1) is 14.9. The van der Waals surface area contributed by atoms with Crippen LogP contribution in [0.1, 0.15) is 44.6 Å². The molecule has 31 heavy (non-hydrogen) atoms. The molecule has 0 aliphatic heterocycles. The molecule has 2 aromatic carbocycles. The zero-order valence-corrected chi connectivity index (χ0v) is 17.7. The molecular weight excluding hydrogens is 402 g/mol. The molecule has 1 fully saturated rings. The molecule has 0 saturated heterocycles. The number of hydrogen-bond donors (Lipinski definition) is 1. The van der Waals surface area contributed by atoms with Crippen LogP contribution in [0.15, 0.2) is 48.5 Å². The minimum absolute atomic E-state index is 0.127. The third-order valence-electron chi connectivity index (χ3n) is 5.56. The number of halogens is 2. The largest absolute Gasteiger partial charge is 0.484 e. The Hall–Kier alpha value is -2.96. The summed E-state index contributed by atoms with van der Waals surface area (Å²) < 4.78 is 31.8. The van der Waals surface area contributed by atoms with E-state index in [0.717, 1.165) is 25.7 Å². The van der Waals surface area contributed by atoms with Crippen LogP contribution in [0.4, 0.5) is 8.78 Å². The Labute approximate surface area is 181 Å². The molecule has 0 spiro atoms. The first-order valence-corrected chi connectivity index (χ1v) is 10.6. The van der Waals surface area contributed by atoms with Crippen molar-refractivity contribution in [3.05, 3.63) is 65.7 Å². The lowest BCUT2D eigenvalue weighted by Crippen LogP contribution is -2.51. The van der Waals surface area contributed by atoms with Gasteiger partial charge in [0.05, 0.1) is 0 Å². The topological polar surface area (TPSA) is 58.6 Å². The Morgan fingerprint density at radius 1 is 1.00 bits per heavy atom. The molecule has 166 valence electrons. The van der Waals surface area contributed by atoms with E-state index in [9.17, 15) is 18.4 Å². The van der Waals surface area contributed by atoms with Crippen molar-refractivity contribution in [1.82, 2.24) is 10.2 Å². The highest BCUT2D eigenvalue weighted by atomic mass is 19.1. The number of nitrogens with one attached hydrogen (secondary N) is 1. The van der Waals surface area contributed by atoms with Gasteiger partial charge in [0.2, 0.25) is 5.91 Å². The van der Waals surface area contributed by atoms with Crippen LogP contribution in [0.2, 0.25) is 0 Å². The van der Waals surface area contributed by atoms with Crippen molar-refractivity contribution in [3.8, 4) is 5.75 Å².